The van der Waals surface area contributed by atoms with E-state index in [4.69, 9.17) is 4.74 Å². The Bertz CT molecular complexity index is 394. The van der Waals surface area contributed by atoms with E-state index in [1.807, 2.05) is 0 Å². The van der Waals surface area contributed by atoms with Gasteiger partial charge in [-0.3, -0.25) is 0 Å². The van der Waals surface area contributed by atoms with Gasteiger partial charge >= 0.3 is 0 Å². The molecule has 0 amide bonds. The zero-order valence-corrected chi connectivity index (χ0v) is 12.5. The standard InChI is InChI=1S/C17H27NO/c1-13(2)14-8-10-17(19-3)15(12-14)7-9-16-6-4-5-11-18-16/h8,10,12-13,16,18H,4-7,9,11H2,1-3H3. The Balaban J connectivity index is 2.02. The van der Waals surface area contributed by atoms with Gasteiger partial charge in [-0.25, -0.2) is 0 Å². The number of aryl methyl sites for hydroxylation is 1. The molecular weight excluding hydrogens is 234 g/mol. The summed E-state index contributed by atoms with van der Waals surface area (Å²) in [5, 5.41) is 3.62. The Morgan fingerprint density at radius 2 is 2.16 bits per heavy atom. The van der Waals surface area contributed by atoms with Crippen LogP contribution in [0, 0.1) is 0 Å². The van der Waals surface area contributed by atoms with Crippen LogP contribution in [-0.2, 0) is 6.42 Å². The average molecular weight is 261 g/mol. The van der Waals surface area contributed by atoms with Gasteiger partial charge in [0.25, 0.3) is 0 Å². The number of piperidine rings is 1. The third kappa shape index (κ3) is 3.97. The molecular formula is C17H27NO. The van der Waals surface area contributed by atoms with Gasteiger partial charge in [0, 0.05) is 6.04 Å². The summed E-state index contributed by atoms with van der Waals surface area (Å²) in [6.07, 6.45) is 6.37. The highest BCUT2D eigenvalue weighted by Gasteiger charge is 2.14. The molecule has 0 spiro atoms. The molecule has 1 unspecified atom stereocenters. The SMILES string of the molecule is COc1ccc(C(C)C)cc1CCC1CCCCN1. The Hall–Kier alpha value is -1.02. The first kappa shape index (κ1) is 14.4. The minimum atomic E-state index is 0.581. The Labute approximate surface area is 117 Å². The van der Waals surface area contributed by atoms with Gasteiger partial charge in [-0.1, -0.05) is 32.4 Å². The number of ether oxygens (including phenoxy) is 1. The number of rotatable bonds is 5. The van der Waals surface area contributed by atoms with Crippen molar-refractivity contribution in [2.45, 2.75) is 57.9 Å². The quantitative estimate of drug-likeness (QED) is 0.868. The van der Waals surface area contributed by atoms with Gasteiger partial charge in [0.05, 0.1) is 7.11 Å². The predicted octanol–water partition coefficient (Wildman–Crippen LogP) is 3.89. The van der Waals surface area contributed by atoms with Crippen LogP contribution in [0.2, 0.25) is 0 Å². The van der Waals surface area contributed by atoms with Crippen molar-refractivity contribution in [1.29, 1.82) is 0 Å². The summed E-state index contributed by atoms with van der Waals surface area (Å²) in [5.41, 5.74) is 2.77. The van der Waals surface area contributed by atoms with Gasteiger partial charge in [-0.05, 0) is 55.3 Å². The second-order valence-corrected chi connectivity index (χ2v) is 5.91. The van der Waals surface area contributed by atoms with E-state index in [1.165, 1.54) is 43.4 Å². The molecule has 1 N–H and O–H groups in total. The highest BCUT2D eigenvalue weighted by Crippen LogP contribution is 2.26. The fourth-order valence-corrected chi connectivity index (χ4v) is 2.85. The molecule has 1 aliphatic heterocycles. The summed E-state index contributed by atoms with van der Waals surface area (Å²) < 4.78 is 5.50. The number of methoxy groups -OCH3 is 1. The fourth-order valence-electron chi connectivity index (χ4n) is 2.85. The number of hydrogen-bond acceptors (Lipinski definition) is 2. The molecule has 0 radical (unpaired) electrons. The van der Waals surface area contributed by atoms with Gasteiger partial charge in [0.1, 0.15) is 5.75 Å². The van der Waals surface area contributed by atoms with Crippen LogP contribution in [-0.4, -0.2) is 19.7 Å². The topological polar surface area (TPSA) is 21.3 Å². The second-order valence-electron chi connectivity index (χ2n) is 5.91. The number of nitrogens with one attached hydrogen (secondary N) is 1. The van der Waals surface area contributed by atoms with E-state index < -0.39 is 0 Å². The first-order valence-electron chi connectivity index (χ1n) is 7.61. The molecule has 0 aromatic heterocycles. The van der Waals surface area contributed by atoms with Crippen LogP contribution < -0.4 is 10.1 Å². The van der Waals surface area contributed by atoms with E-state index in [1.54, 1.807) is 7.11 Å². The van der Waals surface area contributed by atoms with Crippen LogP contribution in [0.15, 0.2) is 18.2 Å². The third-order valence-corrected chi connectivity index (χ3v) is 4.15. The molecule has 1 heterocycles. The van der Waals surface area contributed by atoms with Crippen molar-refractivity contribution in [2.24, 2.45) is 0 Å². The maximum Gasteiger partial charge on any atom is 0.122 e. The van der Waals surface area contributed by atoms with Crippen LogP contribution in [0.1, 0.15) is 56.6 Å². The van der Waals surface area contributed by atoms with Crippen LogP contribution in [0.4, 0.5) is 0 Å². The lowest BCUT2D eigenvalue weighted by Gasteiger charge is -2.23. The normalized spacial score (nSPS) is 19.7. The first-order chi connectivity index (χ1) is 9.20. The van der Waals surface area contributed by atoms with Crippen molar-refractivity contribution < 1.29 is 4.74 Å². The molecule has 19 heavy (non-hydrogen) atoms. The number of benzene rings is 1. The highest BCUT2D eigenvalue weighted by atomic mass is 16.5. The second kappa shape index (κ2) is 6.95. The van der Waals surface area contributed by atoms with Gasteiger partial charge in [0.2, 0.25) is 0 Å². The van der Waals surface area contributed by atoms with E-state index in [-0.39, 0.29) is 0 Å². The smallest absolute Gasteiger partial charge is 0.122 e. The van der Waals surface area contributed by atoms with Crippen LogP contribution in [0.25, 0.3) is 0 Å². The van der Waals surface area contributed by atoms with Crippen LogP contribution in [0.5, 0.6) is 5.75 Å². The van der Waals surface area contributed by atoms with Crippen molar-refractivity contribution in [3.63, 3.8) is 0 Å². The third-order valence-electron chi connectivity index (χ3n) is 4.15. The molecule has 1 aromatic rings. The zero-order valence-electron chi connectivity index (χ0n) is 12.5. The van der Waals surface area contributed by atoms with Crippen molar-refractivity contribution in [1.82, 2.24) is 5.32 Å². The summed E-state index contributed by atoms with van der Waals surface area (Å²) in [7, 11) is 1.77. The van der Waals surface area contributed by atoms with E-state index >= 15 is 0 Å². The Morgan fingerprint density at radius 1 is 1.32 bits per heavy atom. The zero-order chi connectivity index (χ0) is 13.7. The lowest BCUT2D eigenvalue weighted by molar-refractivity contribution is 0.376. The molecule has 1 atom stereocenters. The Morgan fingerprint density at radius 3 is 2.79 bits per heavy atom. The van der Waals surface area contributed by atoms with Crippen molar-refractivity contribution in [3.05, 3.63) is 29.3 Å². The molecule has 1 aliphatic rings. The van der Waals surface area contributed by atoms with Gasteiger partial charge < -0.3 is 10.1 Å². The average Bonchev–Trinajstić information content (AvgIpc) is 2.45. The fraction of sp³-hybridized carbons (Fsp3) is 0.647. The van der Waals surface area contributed by atoms with Gasteiger partial charge in [0.15, 0.2) is 0 Å². The van der Waals surface area contributed by atoms with Gasteiger partial charge in [-0.15, -0.1) is 0 Å². The van der Waals surface area contributed by atoms with Crippen LogP contribution >= 0.6 is 0 Å². The summed E-state index contributed by atoms with van der Waals surface area (Å²) in [6.45, 7) is 5.68. The predicted molar refractivity (Wildman–Crippen MR) is 81.0 cm³/mol. The summed E-state index contributed by atoms with van der Waals surface area (Å²) in [6, 6.07) is 7.33. The Kier molecular flexibility index (Phi) is 5.26. The largest absolute Gasteiger partial charge is 0.496 e. The molecule has 0 aliphatic carbocycles. The molecule has 0 saturated carbocycles. The lowest BCUT2D eigenvalue weighted by atomic mass is 9.94. The van der Waals surface area contributed by atoms with E-state index in [0.29, 0.717) is 12.0 Å². The summed E-state index contributed by atoms with van der Waals surface area (Å²) in [4.78, 5) is 0. The van der Waals surface area contributed by atoms with Crippen molar-refractivity contribution in [2.75, 3.05) is 13.7 Å². The number of hydrogen-bond donors (Lipinski definition) is 1. The molecule has 1 aromatic carbocycles. The molecule has 106 valence electrons. The van der Waals surface area contributed by atoms with E-state index in [0.717, 1.165) is 12.2 Å². The van der Waals surface area contributed by atoms with Crippen molar-refractivity contribution >= 4 is 0 Å². The van der Waals surface area contributed by atoms with Crippen LogP contribution in [0.3, 0.4) is 0 Å². The lowest BCUT2D eigenvalue weighted by Crippen LogP contribution is -2.34. The van der Waals surface area contributed by atoms with E-state index in [9.17, 15) is 0 Å². The summed E-state index contributed by atoms with van der Waals surface area (Å²) in [5.74, 6) is 1.62. The monoisotopic (exact) mass is 261 g/mol. The first-order valence-corrected chi connectivity index (χ1v) is 7.61. The maximum absolute atomic E-state index is 5.50. The molecule has 2 rings (SSSR count). The minimum Gasteiger partial charge on any atom is -0.496 e. The molecule has 2 nitrogen and oxygen atoms in total. The minimum absolute atomic E-state index is 0.581. The summed E-state index contributed by atoms with van der Waals surface area (Å²) >= 11 is 0. The van der Waals surface area contributed by atoms with Gasteiger partial charge in [-0.2, -0.15) is 0 Å². The maximum atomic E-state index is 5.50. The van der Waals surface area contributed by atoms with E-state index in [2.05, 4.69) is 37.4 Å². The molecule has 2 heteroatoms. The molecule has 1 saturated heterocycles. The highest BCUT2D eigenvalue weighted by molar-refractivity contribution is 5.38. The molecule has 0 bridgehead atoms. The molecule has 1 fully saturated rings. The van der Waals surface area contributed by atoms with Crippen molar-refractivity contribution in [3.8, 4) is 5.75 Å².